The number of carbonyl (C=O) groups is 2. The number of carboxylic acids is 2. The smallest absolute Gasteiger partial charge is 1.00 e. The van der Waals surface area contributed by atoms with E-state index in [0.29, 0.717) is 0 Å². The first-order valence-electron chi connectivity index (χ1n) is 2.95. The second-order valence-electron chi connectivity index (χ2n) is 1.97. The molecule has 0 amide bonds. The third kappa shape index (κ3) is 31.4. The Morgan fingerprint density at radius 3 is 1.53 bits per heavy atom. The van der Waals surface area contributed by atoms with E-state index < -0.39 is 32.3 Å². The molecule has 0 aromatic rings. The molecule has 1 atom stereocenters. The Labute approximate surface area is 117 Å². The van der Waals surface area contributed by atoms with Gasteiger partial charge in [0.15, 0.2) is 6.10 Å². The van der Waals surface area contributed by atoms with Crippen molar-refractivity contribution in [1.29, 1.82) is 0 Å². The first kappa shape index (κ1) is 20.7. The third-order valence-corrected chi connectivity index (χ3v) is 0.653. The summed E-state index contributed by atoms with van der Waals surface area (Å²) in [5.41, 5.74) is 0. The summed E-state index contributed by atoms with van der Waals surface area (Å²) in [7, 11) is -4.64. The van der Waals surface area contributed by atoms with Crippen LogP contribution in [0.15, 0.2) is 0 Å². The summed E-state index contributed by atoms with van der Waals surface area (Å²) in [4.78, 5) is 41.0. The first-order valence-corrected chi connectivity index (χ1v) is 4.51. The molecular weight excluding hydrogens is 263 g/mol. The SMILES string of the molecule is O=C(O)CC(O)C(=O)O.O=P(O)(O)O.[Ca+2].[H-].[H-]. The maximum Gasteiger partial charge on any atom is 2.00 e. The molecule has 0 aliphatic rings. The first-order chi connectivity index (χ1) is 6.04. The summed E-state index contributed by atoms with van der Waals surface area (Å²) in [6, 6.07) is 0. The van der Waals surface area contributed by atoms with E-state index >= 15 is 0 Å². The van der Waals surface area contributed by atoms with Gasteiger partial charge < -0.3 is 32.9 Å². The molecule has 0 saturated heterocycles. The molecule has 0 aromatic carbocycles. The Morgan fingerprint density at radius 2 is 1.47 bits per heavy atom. The van der Waals surface area contributed by atoms with Gasteiger partial charge in [0.2, 0.25) is 0 Å². The van der Waals surface area contributed by atoms with Crippen molar-refractivity contribution in [2.45, 2.75) is 12.5 Å². The van der Waals surface area contributed by atoms with Crippen molar-refractivity contribution in [1.82, 2.24) is 0 Å². The number of aliphatic carboxylic acids is 2. The molecular formula is C4H11CaO9P. The van der Waals surface area contributed by atoms with E-state index in [9.17, 15) is 9.59 Å². The predicted molar refractivity (Wildman–Crippen MR) is 48.1 cm³/mol. The summed E-state index contributed by atoms with van der Waals surface area (Å²) in [6.07, 6.45) is -2.54. The van der Waals surface area contributed by atoms with Crippen LogP contribution in [0.25, 0.3) is 0 Å². The zero-order chi connectivity index (χ0) is 11.9. The fraction of sp³-hybridized carbons (Fsp3) is 0.500. The Kier molecular flexibility index (Phi) is 13.1. The van der Waals surface area contributed by atoms with E-state index in [-0.39, 0.29) is 40.6 Å². The summed E-state index contributed by atoms with van der Waals surface area (Å²) in [6.45, 7) is 0. The molecule has 1 unspecified atom stereocenters. The molecule has 0 aliphatic heterocycles. The molecule has 0 radical (unpaired) electrons. The molecule has 0 aliphatic carbocycles. The molecule has 0 aromatic heterocycles. The van der Waals surface area contributed by atoms with Crippen molar-refractivity contribution in [3.63, 3.8) is 0 Å². The minimum atomic E-state index is -4.64. The zero-order valence-corrected chi connectivity index (χ0v) is 10.4. The van der Waals surface area contributed by atoms with Crippen LogP contribution < -0.4 is 0 Å². The fourth-order valence-corrected chi connectivity index (χ4v) is 0.253. The van der Waals surface area contributed by atoms with Crippen molar-refractivity contribution in [2.24, 2.45) is 0 Å². The maximum absolute atomic E-state index is 9.72. The number of phosphoric acid groups is 1. The average molecular weight is 274 g/mol. The summed E-state index contributed by atoms with van der Waals surface area (Å²) >= 11 is 0. The molecule has 0 fully saturated rings. The van der Waals surface area contributed by atoms with E-state index in [4.69, 9.17) is 34.6 Å². The minimum Gasteiger partial charge on any atom is -1.00 e. The van der Waals surface area contributed by atoms with Crippen LogP contribution in [-0.2, 0) is 14.2 Å². The molecule has 9 nitrogen and oxygen atoms in total. The van der Waals surface area contributed by atoms with Gasteiger partial charge in [-0.25, -0.2) is 9.36 Å². The van der Waals surface area contributed by atoms with Gasteiger partial charge in [-0.2, -0.15) is 0 Å². The van der Waals surface area contributed by atoms with Crippen LogP contribution >= 0.6 is 7.82 Å². The molecule has 6 N–H and O–H groups in total. The molecule has 0 rings (SSSR count). The summed E-state index contributed by atoms with van der Waals surface area (Å²) < 4.78 is 8.88. The van der Waals surface area contributed by atoms with Gasteiger partial charge >= 0.3 is 57.5 Å². The monoisotopic (exact) mass is 274 g/mol. The fourth-order valence-electron chi connectivity index (χ4n) is 0.253. The second kappa shape index (κ2) is 9.49. The molecule has 0 bridgehead atoms. The normalized spacial score (nSPS) is 11.5. The average Bonchev–Trinajstić information content (AvgIpc) is 1.80. The minimum absolute atomic E-state index is 0. The number of hydrogen-bond acceptors (Lipinski definition) is 4. The number of carboxylic acid groups (broad SMARTS) is 2. The van der Waals surface area contributed by atoms with Gasteiger partial charge in [0.05, 0.1) is 6.42 Å². The van der Waals surface area contributed by atoms with E-state index in [1.54, 1.807) is 0 Å². The van der Waals surface area contributed by atoms with Crippen molar-refractivity contribution in [3.8, 4) is 0 Å². The van der Waals surface area contributed by atoms with Gasteiger partial charge in [-0.3, -0.25) is 4.79 Å². The summed E-state index contributed by atoms with van der Waals surface area (Å²) in [5.74, 6) is -2.85. The second-order valence-corrected chi connectivity index (χ2v) is 2.99. The van der Waals surface area contributed by atoms with Gasteiger partial charge in [0.1, 0.15) is 0 Å². The van der Waals surface area contributed by atoms with E-state index in [1.807, 2.05) is 0 Å². The van der Waals surface area contributed by atoms with E-state index in [0.717, 1.165) is 0 Å². The molecule has 11 heteroatoms. The third-order valence-electron chi connectivity index (χ3n) is 0.653. The molecule has 0 heterocycles. The topological polar surface area (TPSA) is 173 Å². The van der Waals surface area contributed by atoms with Crippen LogP contribution in [0, 0.1) is 0 Å². The van der Waals surface area contributed by atoms with Crippen LogP contribution in [0.4, 0.5) is 0 Å². The Bertz CT molecular complexity index is 247. The standard InChI is InChI=1S/C4H6O5.Ca.H3O4P.2H/c5-2(4(8)9)1-3(6)7;;1-5(2,3)4;;/h2,5H,1H2,(H,6,7)(H,8,9);;(H3,1,2,3,4);;/q;+2;;2*-1. The van der Waals surface area contributed by atoms with Crippen LogP contribution in [-0.4, -0.2) is 85.8 Å². The largest absolute Gasteiger partial charge is 2.00 e. The molecule has 15 heavy (non-hydrogen) atoms. The van der Waals surface area contributed by atoms with Crippen molar-refractivity contribution in [2.75, 3.05) is 0 Å². The van der Waals surface area contributed by atoms with Crippen molar-refractivity contribution < 1.29 is 47.0 Å². The molecule has 88 valence electrons. The molecule has 0 spiro atoms. The molecule has 0 saturated carbocycles. The Morgan fingerprint density at radius 1 is 1.20 bits per heavy atom. The van der Waals surface area contributed by atoms with Gasteiger partial charge in [0.25, 0.3) is 0 Å². The predicted octanol–water partition coefficient (Wildman–Crippen LogP) is -2.18. The van der Waals surface area contributed by atoms with Gasteiger partial charge in [0, 0.05) is 0 Å². The Hall–Kier alpha value is 0.270. The number of aliphatic hydroxyl groups is 1. The van der Waals surface area contributed by atoms with Gasteiger partial charge in [-0.1, -0.05) is 0 Å². The van der Waals surface area contributed by atoms with E-state index in [2.05, 4.69) is 0 Å². The van der Waals surface area contributed by atoms with Crippen LogP contribution in [0.2, 0.25) is 0 Å². The zero-order valence-electron chi connectivity index (χ0n) is 9.35. The van der Waals surface area contributed by atoms with Crippen LogP contribution in [0.3, 0.4) is 0 Å². The van der Waals surface area contributed by atoms with Crippen molar-refractivity contribution in [3.05, 3.63) is 0 Å². The van der Waals surface area contributed by atoms with Gasteiger partial charge in [-0.15, -0.1) is 0 Å². The number of rotatable bonds is 3. The van der Waals surface area contributed by atoms with Crippen LogP contribution in [0.5, 0.6) is 0 Å². The summed E-state index contributed by atoms with van der Waals surface area (Å²) in [5, 5.41) is 24.1. The van der Waals surface area contributed by atoms with Crippen molar-refractivity contribution >= 4 is 57.5 Å². The van der Waals surface area contributed by atoms with Gasteiger partial charge in [-0.05, 0) is 0 Å². The number of hydrogen-bond donors (Lipinski definition) is 6. The van der Waals surface area contributed by atoms with Crippen LogP contribution in [0.1, 0.15) is 9.27 Å². The number of aliphatic hydroxyl groups excluding tert-OH is 1. The van der Waals surface area contributed by atoms with E-state index in [1.165, 1.54) is 0 Å². The quantitative estimate of drug-likeness (QED) is 0.247. The maximum atomic E-state index is 9.72. The Balaban J connectivity index is -0.0000000533.